The molecule has 7 heteroatoms. The Bertz CT molecular complexity index is 686. The smallest absolute Gasteiger partial charge is 0.364 e. The van der Waals surface area contributed by atoms with E-state index in [9.17, 15) is 9.59 Å². The standard InChI is InChI=1S/C16H19N5O2/c17-15(22)14(8-13-9-18-11-20-13)21(7-6-19-16(21)23)10-12-4-2-1-3-5-12/h1-5,9,11,14H,6-8,10H2,(H3-,17,18,19,20,22,23)/p+1/t14-,21?/m0/s1. The molecule has 0 bridgehead atoms. The number of imidazole rings is 1. The summed E-state index contributed by atoms with van der Waals surface area (Å²) < 4.78 is -0.00162. The normalized spacial score (nSPS) is 21.8. The van der Waals surface area contributed by atoms with E-state index in [1.807, 2.05) is 30.3 Å². The number of H-pyrrole nitrogens is 1. The van der Waals surface area contributed by atoms with Crippen molar-refractivity contribution in [3.05, 3.63) is 54.1 Å². The number of urea groups is 1. The number of benzene rings is 1. The predicted octanol–water partition coefficient (Wildman–Crippen LogP) is 0.546. The third kappa shape index (κ3) is 2.95. The van der Waals surface area contributed by atoms with Crippen molar-refractivity contribution in [2.24, 2.45) is 5.73 Å². The van der Waals surface area contributed by atoms with Gasteiger partial charge in [0.25, 0.3) is 5.91 Å². The molecule has 0 aliphatic carbocycles. The molecule has 3 amide bonds. The lowest BCUT2D eigenvalue weighted by Crippen LogP contribution is -2.62. The monoisotopic (exact) mass is 314 g/mol. The minimum absolute atomic E-state index is 0.00162. The third-order valence-corrected chi connectivity index (χ3v) is 4.39. The van der Waals surface area contributed by atoms with Crippen LogP contribution in [-0.2, 0) is 17.8 Å². The van der Waals surface area contributed by atoms with E-state index in [1.165, 1.54) is 0 Å². The van der Waals surface area contributed by atoms with E-state index < -0.39 is 11.9 Å². The number of hydrogen-bond donors (Lipinski definition) is 3. The van der Waals surface area contributed by atoms with Gasteiger partial charge in [-0.15, -0.1) is 0 Å². The molecule has 4 N–H and O–H groups in total. The van der Waals surface area contributed by atoms with Gasteiger partial charge < -0.3 is 10.7 Å². The minimum atomic E-state index is -0.641. The number of quaternary nitrogens is 1. The Kier molecular flexibility index (Phi) is 4.12. The summed E-state index contributed by atoms with van der Waals surface area (Å²) in [5.74, 6) is -0.479. The molecule has 0 saturated carbocycles. The van der Waals surface area contributed by atoms with Crippen molar-refractivity contribution in [3.8, 4) is 0 Å². The molecule has 120 valence electrons. The molecule has 3 rings (SSSR count). The highest BCUT2D eigenvalue weighted by atomic mass is 16.2. The van der Waals surface area contributed by atoms with E-state index in [2.05, 4.69) is 15.3 Å². The largest absolute Gasteiger partial charge is 0.417 e. The van der Waals surface area contributed by atoms with Gasteiger partial charge in [-0.05, 0) is 0 Å². The fourth-order valence-corrected chi connectivity index (χ4v) is 3.21. The first-order chi connectivity index (χ1) is 11.1. The van der Waals surface area contributed by atoms with Gasteiger partial charge in [0.15, 0.2) is 6.04 Å². The third-order valence-electron chi connectivity index (χ3n) is 4.39. The minimum Gasteiger partial charge on any atom is -0.364 e. The maximum Gasteiger partial charge on any atom is 0.417 e. The second-order valence-electron chi connectivity index (χ2n) is 5.83. The molecule has 0 spiro atoms. The van der Waals surface area contributed by atoms with Gasteiger partial charge in [-0.3, -0.25) is 10.1 Å². The van der Waals surface area contributed by atoms with Gasteiger partial charge in [0.1, 0.15) is 13.1 Å². The van der Waals surface area contributed by atoms with E-state index in [0.29, 0.717) is 26.1 Å². The van der Waals surface area contributed by atoms with Crippen LogP contribution in [-0.4, -0.2) is 45.5 Å². The number of carbonyl (C=O) groups excluding carboxylic acids is 2. The van der Waals surface area contributed by atoms with E-state index in [1.54, 1.807) is 12.5 Å². The number of nitrogens with one attached hydrogen (secondary N) is 2. The van der Waals surface area contributed by atoms with Crippen molar-refractivity contribution in [1.29, 1.82) is 0 Å². The van der Waals surface area contributed by atoms with E-state index >= 15 is 0 Å². The Balaban J connectivity index is 1.95. The van der Waals surface area contributed by atoms with Crippen LogP contribution in [0.5, 0.6) is 0 Å². The molecule has 2 aromatic rings. The topological polar surface area (TPSA) is 101 Å². The van der Waals surface area contributed by atoms with Gasteiger partial charge in [-0.2, -0.15) is 0 Å². The Morgan fingerprint density at radius 3 is 2.70 bits per heavy atom. The van der Waals surface area contributed by atoms with Crippen LogP contribution in [0.25, 0.3) is 0 Å². The van der Waals surface area contributed by atoms with Crippen LogP contribution in [0.4, 0.5) is 4.79 Å². The summed E-state index contributed by atoms with van der Waals surface area (Å²) in [6.45, 7) is 1.52. The number of nitrogens with zero attached hydrogens (tertiary/aromatic N) is 2. The summed E-state index contributed by atoms with van der Waals surface area (Å²) in [5.41, 5.74) is 7.46. The molecule has 1 unspecified atom stereocenters. The lowest BCUT2D eigenvalue weighted by Gasteiger charge is -2.35. The fraction of sp³-hybridized carbons (Fsp3) is 0.312. The zero-order valence-corrected chi connectivity index (χ0v) is 12.7. The Morgan fingerprint density at radius 1 is 1.35 bits per heavy atom. The van der Waals surface area contributed by atoms with Crippen molar-refractivity contribution < 1.29 is 14.1 Å². The maximum atomic E-state index is 12.6. The average molecular weight is 314 g/mol. The number of amides is 3. The number of aromatic nitrogens is 2. The summed E-state index contributed by atoms with van der Waals surface area (Å²) in [5, 5.41) is 2.85. The molecule has 23 heavy (non-hydrogen) atoms. The van der Waals surface area contributed by atoms with Crippen LogP contribution in [0.1, 0.15) is 11.3 Å². The van der Waals surface area contributed by atoms with Crippen LogP contribution < -0.4 is 11.1 Å². The molecule has 2 heterocycles. The number of nitrogens with two attached hydrogens (primary N) is 1. The first-order valence-corrected chi connectivity index (χ1v) is 7.57. The zero-order valence-electron chi connectivity index (χ0n) is 12.7. The van der Waals surface area contributed by atoms with Crippen LogP contribution in [0.15, 0.2) is 42.9 Å². The lowest BCUT2D eigenvalue weighted by atomic mass is 10.0. The maximum absolute atomic E-state index is 12.6. The van der Waals surface area contributed by atoms with Crippen LogP contribution >= 0.6 is 0 Å². The van der Waals surface area contributed by atoms with E-state index in [0.717, 1.165) is 11.3 Å². The van der Waals surface area contributed by atoms with Gasteiger partial charge in [-0.25, -0.2) is 14.3 Å². The van der Waals surface area contributed by atoms with Gasteiger partial charge in [0.05, 0.1) is 19.3 Å². The van der Waals surface area contributed by atoms with Crippen molar-refractivity contribution in [3.63, 3.8) is 0 Å². The molecule has 1 aromatic carbocycles. The summed E-state index contributed by atoms with van der Waals surface area (Å²) in [4.78, 5) is 31.7. The lowest BCUT2D eigenvalue weighted by molar-refractivity contribution is -0.870. The molecular weight excluding hydrogens is 294 g/mol. The molecule has 1 aliphatic heterocycles. The molecule has 7 nitrogen and oxygen atoms in total. The zero-order chi connectivity index (χ0) is 16.3. The quantitative estimate of drug-likeness (QED) is 0.679. The first-order valence-electron chi connectivity index (χ1n) is 7.57. The Labute approximate surface area is 134 Å². The average Bonchev–Trinajstić information content (AvgIpc) is 3.17. The highest BCUT2D eigenvalue weighted by Crippen LogP contribution is 2.25. The van der Waals surface area contributed by atoms with Crippen molar-refractivity contribution >= 4 is 11.9 Å². The van der Waals surface area contributed by atoms with Gasteiger partial charge in [0, 0.05) is 17.5 Å². The van der Waals surface area contributed by atoms with Crippen molar-refractivity contribution in [2.75, 3.05) is 13.1 Å². The highest BCUT2D eigenvalue weighted by molar-refractivity contribution is 5.82. The predicted molar refractivity (Wildman–Crippen MR) is 83.9 cm³/mol. The first kappa shape index (κ1) is 15.2. The number of rotatable bonds is 6. The molecule has 0 radical (unpaired) electrons. The molecule has 1 aromatic heterocycles. The highest BCUT2D eigenvalue weighted by Gasteiger charge is 2.50. The summed E-state index contributed by atoms with van der Waals surface area (Å²) in [6, 6.07) is 8.89. The van der Waals surface area contributed by atoms with Crippen LogP contribution in [0.2, 0.25) is 0 Å². The number of aromatic amines is 1. The number of hydrogen-bond acceptors (Lipinski definition) is 3. The molecule has 1 fully saturated rings. The molecular formula is C16H20N5O2+. The van der Waals surface area contributed by atoms with Gasteiger partial charge >= 0.3 is 6.03 Å². The number of carbonyl (C=O) groups is 2. The van der Waals surface area contributed by atoms with Crippen molar-refractivity contribution in [1.82, 2.24) is 15.3 Å². The van der Waals surface area contributed by atoms with E-state index in [-0.39, 0.29) is 10.5 Å². The number of primary amides is 1. The van der Waals surface area contributed by atoms with Crippen LogP contribution in [0.3, 0.4) is 0 Å². The summed E-state index contributed by atoms with van der Waals surface area (Å²) in [7, 11) is 0. The Morgan fingerprint density at radius 2 is 2.13 bits per heavy atom. The fourth-order valence-electron chi connectivity index (χ4n) is 3.21. The molecule has 1 saturated heterocycles. The second-order valence-corrected chi connectivity index (χ2v) is 5.83. The van der Waals surface area contributed by atoms with E-state index in [4.69, 9.17) is 5.73 Å². The van der Waals surface area contributed by atoms with Gasteiger partial charge in [0.2, 0.25) is 0 Å². The Hall–Kier alpha value is -2.67. The molecule has 2 atom stereocenters. The second kappa shape index (κ2) is 6.21. The van der Waals surface area contributed by atoms with Crippen molar-refractivity contribution in [2.45, 2.75) is 19.0 Å². The SMILES string of the molecule is NC(=O)[C@H](Cc1cnc[nH]1)[N+]1(Cc2ccccc2)CCNC1=O. The van der Waals surface area contributed by atoms with Crippen LogP contribution in [0, 0.1) is 0 Å². The van der Waals surface area contributed by atoms with Gasteiger partial charge in [-0.1, -0.05) is 30.3 Å². The molecule has 1 aliphatic rings. The summed E-state index contributed by atoms with van der Waals surface area (Å²) >= 11 is 0. The summed E-state index contributed by atoms with van der Waals surface area (Å²) in [6.07, 6.45) is 3.57.